The van der Waals surface area contributed by atoms with Crippen molar-refractivity contribution in [3.63, 3.8) is 0 Å². The van der Waals surface area contributed by atoms with Crippen molar-refractivity contribution in [3.05, 3.63) is 24.4 Å². The summed E-state index contributed by atoms with van der Waals surface area (Å²) in [6, 6.07) is 5.18. The summed E-state index contributed by atoms with van der Waals surface area (Å²) < 4.78 is 33.1. The Balaban J connectivity index is 1.84. The molecule has 0 spiro atoms. The Bertz CT molecular complexity index is 754. The number of benzene rings is 1. The summed E-state index contributed by atoms with van der Waals surface area (Å²) in [5.74, 6) is 0.218. The second-order valence-electron chi connectivity index (χ2n) is 5.43. The molecular formula is C14H19N3O3S. The molecule has 21 heavy (non-hydrogen) atoms. The van der Waals surface area contributed by atoms with Gasteiger partial charge in [0.25, 0.3) is 0 Å². The zero-order chi connectivity index (χ0) is 15.0. The van der Waals surface area contributed by atoms with Gasteiger partial charge in [0.2, 0.25) is 10.0 Å². The van der Waals surface area contributed by atoms with Gasteiger partial charge in [0.05, 0.1) is 6.10 Å². The Morgan fingerprint density at radius 1 is 1.48 bits per heavy atom. The van der Waals surface area contributed by atoms with Crippen LogP contribution < -0.4 is 10.5 Å². The van der Waals surface area contributed by atoms with Crippen LogP contribution in [0.25, 0.3) is 10.9 Å². The Labute approximate surface area is 123 Å². The molecule has 0 aliphatic carbocycles. The van der Waals surface area contributed by atoms with Gasteiger partial charge in [0.15, 0.2) is 0 Å². The Kier molecular flexibility index (Phi) is 3.64. The van der Waals surface area contributed by atoms with Gasteiger partial charge in [-0.3, -0.25) is 0 Å². The molecule has 2 heterocycles. The lowest BCUT2D eigenvalue weighted by atomic mass is 10.0. The van der Waals surface area contributed by atoms with Gasteiger partial charge in [-0.2, -0.15) is 0 Å². The molecular weight excluding hydrogens is 290 g/mol. The van der Waals surface area contributed by atoms with Crippen molar-refractivity contribution < 1.29 is 13.2 Å². The maximum absolute atomic E-state index is 12.5. The molecule has 114 valence electrons. The van der Waals surface area contributed by atoms with Gasteiger partial charge in [-0.1, -0.05) is 0 Å². The Morgan fingerprint density at radius 3 is 3.00 bits per heavy atom. The first kappa shape index (κ1) is 14.4. The summed E-state index contributed by atoms with van der Waals surface area (Å²) in [4.78, 5) is 3.19. The molecule has 2 unspecified atom stereocenters. The molecule has 3 rings (SSSR count). The van der Waals surface area contributed by atoms with Crippen LogP contribution in [-0.4, -0.2) is 32.7 Å². The van der Waals surface area contributed by atoms with Crippen molar-refractivity contribution in [2.24, 2.45) is 5.92 Å². The second kappa shape index (κ2) is 5.32. The lowest BCUT2D eigenvalue weighted by molar-refractivity contribution is 0.107. The van der Waals surface area contributed by atoms with Crippen LogP contribution >= 0.6 is 0 Å². The first-order chi connectivity index (χ1) is 9.97. The fraction of sp³-hybridized carbons (Fsp3) is 0.429. The lowest BCUT2D eigenvalue weighted by Crippen LogP contribution is -2.31. The summed E-state index contributed by atoms with van der Waals surface area (Å²) in [5, 5.41) is 0.609. The van der Waals surface area contributed by atoms with E-state index in [1.165, 1.54) is 6.20 Å². The predicted octanol–water partition coefficient (Wildman–Crippen LogP) is 1.45. The van der Waals surface area contributed by atoms with Crippen LogP contribution in [0.4, 0.5) is 5.69 Å². The molecule has 1 saturated heterocycles. The topological polar surface area (TPSA) is 97.2 Å². The fourth-order valence-electron chi connectivity index (χ4n) is 2.67. The highest BCUT2D eigenvalue weighted by atomic mass is 32.2. The average molecular weight is 309 g/mol. The number of nitrogen functional groups attached to an aromatic ring is 1. The molecule has 4 N–H and O–H groups in total. The zero-order valence-corrected chi connectivity index (χ0v) is 12.6. The van der Waals surface area contributed by atoms with E-state index in [1.807, 2.05) is 6.92 Å². The minimum atomic E-state index is -3.56. The maximum atomic E-state index is 12.5. The van der Waals surface area contributed by atoms with Gasteiger partial charge in [0, 0.05) is 41.9 Å². The van der Waals surface area contributed by atoms with E-state index in [0.29, 0.717) is 24.2 Å². The maximum Gasteiger partial charge on any atom is 0.242 e. The monoisotopic (exact) mass is 309 g/mol. The standard InChI is InChI=1S/C14H19N3O3S/c1-9-10(4-5-20-9)7-17-21(18,19)14-8-16-13-3-2-11(15)6-12(13)14/h2-3,6,8-10,16-17H,4-5,7,15H2,1H3. The SMILES string of the molecule is CC1OCCC1CNS(=O)(=O)c1c[nH]c2ccc(N)cc12. The minimum Gasteiger partial charge on any atom is -0.399 e. The van der Waals surface area contributed by atoms with E-state index in [1.54, 1.807) is 18.2 Å². The van der Waals surface area contributed by atoms with Crippen molar-refractivity contribution >= 4 is 26.6 Å². The first-order valence-corrected chi connectivity index (χ1v) is 8.43. The van der Waals surface area contributed by atoms with Crippen molar-refractivity contribution in [1.82, 2.24) is 9.71 Å². The number of aromatic amines is 1. The number of hydrogen-bond donors (Lipinski definition) is 3. The predicted molar refractivity (Wildman–Crippen MR) is 81.4 cm³/mol. The molecule has 0 amide bonds. The Morgan fingerprint density at radius 2 is 2.29 bits per heavy atom. The molecule has 1 aliphatic rings. The number of aromatic nitrogens is 1. The van der Waals surface area contributed by atoms with E-state index in [4.69, 9.17) is 10.5 Å². The highest BCUT2D eigenvalue weighted by Crippen LogP contribution is 2.25. The highest BCUT2D eigenvalue weighted by Gasteiger charge is 2.27. The number of ether oxygens (including phenoxy) is 1. The van der Waals surface area contributed by atoms with E-state index >= 15 is 0 Å². The van der Waals surface area contributed by atoms with E-state index < -0.39 is 10.0 Å². The lowest BCUT2D eigenvalue weighted by Gasteiger charge is -2.14. The number of nitrogens with one attached hydrogen (secondary N) is 2. The molecule has 0 bridgehead atoms. The summed E-state index contributed by atoms with van der Waals surface area (Å²) in [6.45, 7) is 3.05. The second-order valence-corrected chi connectivity index (χ2v) is 7.17. The van der Waals surface area contributed by atoms with Crippen molar-refractivity contribution in [1.29, 1.82) is 0 Å². The zero-order valence-electron chi connectivity index (χ0n) is 11.8. The third-order valence-corrected chi connectivity index (χ3v) is 5.49. The van der Waals surface area contributed by atoms with Gasteiger partial charge in [-0.05, 0) is 31.5 Å². The van der Waals surface area contributed by atoms with E-state index in [9.17, 15) is 8.42 Å². The normalized spacial score (nSPS) is 22.9. The number of sulfonamides is 1. The quantitative estimate of drug-likeness (QED) is 0.745. The number of nitrogens with two attached hydrogens (primary N) is 1. The highest BCUT2D eigenvalue weighted by molar-refractivity contribution is 7.89. The van der Waals surface area contributed by atoms with Crippen LogP contribution in [0.1, 0.15) is 13.3 Å². The first-order valence-electron chi connectivity index (χ1n) is 6.95. The average Bonchev–Trinajstić information content (AvgIpc) is 3.02. The molecule has 6 nitrogen and oxygen atoms in total. The Hall–Kier alpha value is -1.57. The summed E-state index contributed by atoms with van der Waals surface area (Å²) in [5.41, 5.74) is 7.03. The largest absolute Gasteiger partial charge is 0.399 e. The summed E-state index contributed by atoms with van der Waals surface area (Å²) >= 11 is 0. The molecule has 2 aromatic rings. The van der Waals surface area contributed by atoms with Crippen molar-refractivity contribution in [2.75, 3.05) is 18.9 Å². The van der Waals surface area contributed by atoms with Crippen LogP contribution in [0.3, 0.4) is 0 Å². The van der Waals surface area contributed by atoms with Crippen molar-refractivity contribution in [3.8, 4) is 0 Å². The fourth-order valence-corrected chi connectivity index (χ4v) is 3.94. The molecule has 7 heteroatoms. The van der Waals surface area contributed by atoms with E-state index in [-0.39, 0.29) is 16.9 Å². The third kappa shape index (κ3) is 2.76. The van der Waals surface area contributed by atoms with Crippen LogP contribution in [0.15, 0.2) is 29.3 Å². The van der Waals surface area contributed by atoms with Crippen LogP contribution in [0.5, 0.6) is 0 Å². The number of hydrogen-bond acceptors (Lipinski definition) is 4. The van der Waals surface area contributed by atoms with Crippen molar-refractivity contribution in [2.45, 2.75) is 24.3 Å². The van der Waals surface area contributed by atoms with E-state index in [0.717, 1.165) is 11.9 Å². The summed E-state index contributed by atoms with van der Waals surface area (Å²) in [6.07, 6.45) is 2.47. The molecule has 1 aliphatic heterocycles. The number of rotatable bonds is 4. The van der Waals surface area contributed by atoms with Gasteiger partial charge in [0.1, 0.15) is 4.90 Å². The number of anilines is 1. The molecule has 0 radical (unpaired) electrons. The van der Waals surface area contributed by atoms with Gasteiger partial charge in [-0.15, -0.1) is 0 Å². The smallest absolute Gasteiger partial charge is 0.242 e. The molecule has 1 aromatic carbocycles. The van der Waals surface area contributed by atoms with Crippen LogP contribution in [0, 0.1) is 5.92 Å². The number of H-pyrrole nitrogens is 1. The van der Waals surface area contributed by atoms with Gasteiger partial charge in [-0.25, -0.2) is 13.1 Å². The van der Waals surface area contributed by atoms with Gasteiger partial charge >= 0.3 is 0 Å². The van der Waals surface area contributed by atoms with Gasteiger partial charge < -0.3 is 15.5 Å². The van der Waals surface area contributed by atoms with Crippen LogP contribution in [0.2, 0.25) is 0 Å². The van der Waals surface area contributed by atoms with E-state index in [2.05, 4.69) is 9.71 Å². The number of fused-ring (bicyclic) bond motifs is 1. The molecule has 1 fully saturated rings. The molecule has 1 aromatic heterocycles. The third-order valence-electron chi connectivity index (χ3n) is 4.03. The van der Waals surface area contributed by atoms with Crippen LogP contribution in [-0.2, 0) is 14.8 Å². The minimum absolute atomic E-state index is 0.0892. The molecule has 0 saturated carbocycles. The summed E-state index contributed by atoms with van der Waals surface area (Å²) in [7, 11) is -3.56. The molecule has 2 atom stereocenters.